The van der Waals surface area contributed by atoms with Gasteiger partial charge in [-0.05, 0) is 84.5 Å². The Kier molecular flexibility index (Phi) is 10.1. The lowest BCUT2D eigenvalue weighted by atomic mass is 9.73. The van der Waals surface area contributed by atoms with Crippen molar-refractivity contribution in [2.45, 2.75) is 37.4 Å². The summed E-state index contributed by atoms with van der Waals surface area (Å²) in [5.41, 5.74) is 3.07. The number of amides is 1. The summed E-state index contributed by atoms with van der Waals surface area (Å²) >= 11 is 0. The number of nitrogens with one attached hydrogen (secondary N) is 2. The summed E-state index contributed by atoms with van der Waals surface area (Å²) in [6.45, 7) is 2.07. The monoisotopic (exact) mass is 661 g/mol. The van der Waals surface area contributed by atoms with E-state index in [1.54, 1.807) is 41.3 Å². The van der Waals surface area contributed by atoms with E-state index >= 15 is 0 Å². The molecule has 1 aliphatic heterocycles. The first kappa shape index (κ1) is 33.5. The van der Waals surface area contributed by atoms with Crippen molar-refractivity contribution in [1.29, 1.82) is 0 Å². The van der Waals surface area contributed by atoms with Crippen LogP contribution in [0.1, 0.15) is 51.6 Å². The average Bonchev–Trinajstić information content (AvgIpc) is 3.13. The summed E-state index contributed by atoms with van der Waals surface area (Å²) in [6, 6.07) is 30.5. The molecule has 10 nitrogen and oxygen atoms in total. The fourth-order valence-corrected chi connectivity index (χ4v) is 6.45. The number of piperidine rings is 1. The molecule has 10 heteroatoms. The van der Waals surface area contributed by atoms with Crippen LogP contribution in [0.5, 0.6) is 11.5 Å². The summed E-state index contributed by atoms with van der Waals surface area (Å²) < 4.78 is 5.96. The molecule has 1 unspecified atom stereocenters. The van der Waals surface area contributed by atoms with Gasteiger partial charge in [0.1, 0.15) is 18.1 Å². The summed E-state index contributed by atoms with van der Waals surface area (Å²) in [5, 5.41) is 34.7. The number of aromatic hydroxyl groups is 1. The van der Waals surface area contributed by atoms with Crippen molar-refractivity contribution in [3.63, 3.8) is 0 Å². The smallest absolute Gasteiger partial charge is 0.314 e. The minimum Gasteiger partial charge on any atom is -0.506 e. The third-order valence-corrected chi connectivity index (χ3v) is 9.36. The van der Waals surface area contributed by atoms with Gasteiger partial charge in [-0.2, -0.15) is 0 Å². The maximum atomic E-state index is 13.2. The summed E-state index contributed by atoms with van der Waals surface area (Å²) in [5.74, 6) is -0.373. The molecule has 5 aromatic rings. The first-order valence-corrected chi connectivity index (χ1v) is 16.4. The van der Waals surface area contributed by atoms with Crippen molar-refractivity contribution in [3.05, 3.63) is 141 Å². The molecule has 252 valence electrons. The van der Waals surface area contributed by atoms with Gasteiger partial charge in [0.15, 0.2) is 0 Å². The zero-order valence-corrected chi connectivity index (χ0v) is 27.0. The van der Waals surface area contributed by atoms with E-state index in [-0.39, 0.29) is 17.2 Å². The third kappa shape index (κ3) is 7.51. The topological polar surface area (TPSA) is 152 Å². The molecule has 0 saturated carbocycles. The fourth-order valence-electron chi connectivity index (χ4n) is 6.45. The van der Waals surface area contributed by atoms with Gasteiger partial charge in [-0.25, -0.2) is 0 Å². The van der Waals surface area contributed by atoms with E-state index in [9.17, 15) is 29.7 Å². The minimum absolute atomic E-state index is 0.0411. The lowest BCUT2D eigenvalue weighted by Gasteiger charge is -2.39. The van der Waals surface area contributed by atoms with Crippen LogP contribution in [0, 0.1) is 0 Å². The molecule has 49 heavy (non-hydrogen) atoms. The van der Waals surface area contributed by atoms with Gasteiger partial charge in [-0.15, -0.1) is 0 Å². The predicted molar refractivity (Wildman–Crippen MR) is 186 cm³/mol. The van der Waals surface area contributed by atoms with Crippen molar-refractivity contribution in [3.8, 4) is 11.5 Å². The van der Waals surface area contributed by atoms with E-state index < -0.39 is 17.5 Å². The molecule has 4 aromatic carbocycles. The van der Waals surface area contributed by atoms with E-state index in [0.717, 1.165) is 23.1 Å². The second-order valence-electron chi connectivity index (χ2n) is 12.4. The zero-order chi connectivity index (χ0) is 34.4. The van der Waals surface area contributed by atoms with Crippen LogP contribution in [0.15, 0.2) is 108 Å². The molecule has 0 spiro atoms. The highest BCUT2D eigenvalue weighted by molar-refractivity contribution is 5.94. The first-order valence-electron chi connectivity index (χ1n) is 16.4. The van der Waals surface area contributed by atoms with E-state index in [1.807, 2.05) is 54.6 Å². The number of aliphatic hydroxyl groups excluding tert-OH is 1. The molecular weight excluding hydrogens is 622 g/mol. The van der Waals surface area contributed by atoms with Gasteiger partial charge in [0, 0.05) is 36.7 Å². The summed E-state index contributed by atoms with van der Waals surface area (Å²) in [4.78, 5) is 41.5. The Labute approximate surface area is 283 Å². The number of aliphatic carboxylic acids is 1. The van der Waals surface area contributed by atoms with Gasteiger partial charge in [0.25, 0.3) is 5.91 Å². The van der Waals surface area contributed by atoms with E-state index in [0.29, 0.717) is 73.4 Å². The standard InChI is InChI=1S/C39H39N3O7/c43-33-16-14-31(32-15-17-35(45)41-36(32)33)34(44)24-40-21-18-26-6-8-27(9-7-26)25-49-30-12-10-28(11-13-30)37(46)42-22-19-39(20-23-42,38(47)48)29-4-2-1-3-5-29/h1-17,34,40,43-44H,18-25H2,(H,41,45)(H,47,48). The number of carboxylic acids is 1. The Morgan fingerprint density at radius 2 is 1.57 bits per heavy atom. The van der Waals surface area contributed by atoms with Crippen LogP contribution >= 0.6 is 0 Å². The number of likely N-dealkylation sites (tertiary alicyclic amines) is 1. The molecule has 1 amide bonds. The van der Waals surface area contributed by atoms with Crippen LogP contribution in [-0.2, 0) is 23.2 Å². The molecule has 1 atom stereocenters. The number of phenols is 1. The van der Waals surface area contributed by atoms with Crippen LogP contribution in [0.3, 0.4) is 0 Å². The van der Waals surface area contributed by atoms with Crippen LogP contribution < -0.4 is 15.6 Å². The molecule has 6 rings (SSSR count). The minimum atomic E-state index is -0.981. The maximum absolute atomic E-state index is 13.2. The SMILES string of the molecule is O=C(c1ccc(OCc2ccc(CCNCC(O)c3ccc(O)c4[nH]c(=O)ccc34)cc2)cc1)N1CCC(C(=O)O)(c2ccccc2)CC1. The van der Waals surface area contributed by atoms with E-state index in [1.165, 1.54) is 12.1 Å². The normalized spacial score (nSPS) is 14.8. The van der Waals surface area contributed by atoms with Crippen molar-refractivity contribution >= 4 is 22.8 Å². The molecule has 1 aliphatic rings. The maximum Gasteiger partial charge on any atom is 0.314 e. The highest BCUT2D eigenvalue weighted by Gasteiger charge is 2.43. The molecule has 5 N–H and O–H groups in total. The second kappa shape index (κ2) is 14.8. The number of carboxylic acid groups (broad SMARTS) is 1. The number of nitrogens with zero attached hydrogens (tertiary/aromatic N) is 1. The Morgan fingerprint density at radius 3 is 2.27 bits per heavy atom. The molecule has 0 radical (unpaired) electrons. The number of H-pyrrole nitrogens is 1. The molecule has 0 aliphatic carbocycles. The van der Waals surface area contributed by atoms with Crippen molar-refractivity contribution in [1.82, 2.24) is 15.2 Å². The lowest BCUT2D eigenvalue weighted by molar-refractivity contribution is -0.145. The largest absolute Gasteiger partial charge is 0.506 e. The Morgan fingerprint density at radius 1 is 0.878 bits per heavy atom. The number of carbonyl (C=O) groups excluding carboxylic acids is 1. The first-order chi connectivity index (χ1) is 23.7. The van der Waals surface area contributed by atoms with Gasteiger partial charge in [-0.1, -0.05) is 60.7 Å². The van der Waals surface area contributed by atoms with Gasteiger partial charge in [0.2, 0.25) is 5.56 Å². The number of aromatic nitrogens is 1. The molecule has 1 saturated heterocycles. The summed E-state index contributed by atoms with van der Waals surface area (Å²) in [6.07, 6.45) is 0.667. The Balaban J connectivity index is 0.944. The van der Waals surface area contributed by atoms with Crippen molar-refractivity contribution < 1.29 is 29.6 Å². The van der Waals surface area contributed by atoms with Crippen LogP contribution in [0.2, 0.25) is 0 Å². The van der Waals surface area contributed by atoms with Crippen LogP contribution in [0.4, 0.5) is 0 Å². The highest BCUT2D eigenvalue weighted by atomic mass is 16.5. The number of benzene rings is 4. The number of aromatic amines is 1. The molecular formula is C39H39N3O7. The highest BCUT2D eigenvalue weighted by Crippen LogP contribution is 2.36. The number of hydrogen-bond donors (Lipinski definition) is 5. The number of hydrogen-bond acceptors (Lipinski definition) is 7. The molecule has 1 fully saturated rings. The lowest BCUT2D eigenvalue weighted by Crippen LogP contribution is -2.49. The second-order valence-corrected chi connectivity index (χ2v) is 12.4. The van der Waals surface area contributed by atoms with Crippen LogP contribution in [0.25, 0.3) is 10.9 Å². The van der Waals surface area contributed by atoms with Gasteiger partial charge in [0.05, 0.1) is 17.0 Å². The number of pyridine rings is 1. The van der Waals surface area contributed by atoms with Gasteiger partial charge >= 0.3 is 5.97 Å². The molecule has 2 heterocycles. The Hall–Kier alpha value is -5.45. The average molecular weight is 662 g/mol. The number of fused-ring (bicyclic) bond motifs is 1. The number of carbonyl (C=O) groups is 2. The summed E-state index contributed by atoms with van der Waals surface area (Å²) in [7, 11) is 0. The number of rotatable bonds is 12. The van der Waals surface area contributed by atoms with E-state index in [4.69, 9.17) is 4.74 Å². The quantitative estimate of drug-likeness (QED) is 0.118. The number of ether oxygens (including phenoxy) is 1. The molecule has 0 bridgehead atoms. The fraction of sp³-hybridized carbons (Fsp3) is 0.256. The van der Waals surface area contributed by atoms with Crippen molar-refractivity contribution in [2.24, 2.45) is 0 Å². The van der Waals surface area contributed by atoms with Crippen LogP contribution in [-0.4, -0.2) is 63.3 Å². The zero-order valence-electron chi connectivity index (χ0n) is 27.0. The van der Waals surface area contributed by atoms with Crippen molar-refractivity contribution in [2.75, 3.05) is 26.2 Å². The Bertz CT molecular complexity index is 1970. The van der Waals surface area contributed by atoms with Gasteiger partial charge < -0.3 is 35.3 Å². The van der Waals surface area contributed by atoms with E-state index in [2.05, 4.69) is 10.3 Å². The third-order valence-electron chi connectivity index (χ3n) is 9.36. The predicted octanol–water partition coefficient (Wildman–Crippen LogP) is 4.94. The van der Waals surface area contributed by atoms with Gasteiger partial charge in [-0.3, -0.25) is 14.4 Å². The number of phenolic OH excluding ortho intramolecular Hbond substituents is 1. The number of aliphatic hydroxyl groups is 1. The molecule has 1 aromatic heterocycles.